The fourth-order valence-electron chi connectivity index (χ4n) is 2.43. The zero-order valence-corrected chi connectivity index (χ0v) is 16.0. The third-order valence-corrected chi connectivity index (χ3v) is 3.94. The van der Waals surface area contributed by atoms with Gasteiger partial charge in [-0.15, -0.1) is 0 Å². The predicted octanol–water partition coefficient (Wildman–Crippen LogP) is 3.09. The van der Waals surface area contributed by atoms with Crippen LogP contribution in [0, 0.1) is 13.8 Å². The summed E-state index contributed by atoms with van der Waals surface area (Å²) in [6, 6.07) is 12.6. The molecule has 0 fully saturated rings. The summed E-state index contributed by atoms with van der Waals surface area (Å²) in [5.41, 5.74) is 3.21. The smallest absolute Gasteiger partial charge is 0.262 e. The van der Waals surface area contributed by atoms with Crippen LogP contribution in [0.25, 0.3) is 0 Å². The van der Waals surface area contributed by atoms with Crippen molar-refractivity contribution in [3.63, 3.8) is 0 Å². The van der Waals surface area contributed by atoms with E-state index in [1.54, 1.807) is 31.4 Å². The second kappa shape index (κ2) is 10.3. The zero-order valence-electron chi connectivity index (χ0n) is 16.0. The van der Waals surface area contributed by atoms with Crippen molar-refractivity contribution in [1.82, 2.24) is 5.32 Å². The van der Waals surface area contributed by atoms with Crippen LogP contribution >= 0.6 is 0 Å². The van der Waals surface area contributed by atoms with Crippen LogP contribution in [-0.2, 0) is 9.53 Å². The van der Waals surface area contributed by atoms with Gasteiger partial charge in [-0.1, -0.05) is 12.1 Å². The minimum absolute atomic E-state index is 0.0774. The van der Waals surface area contributed by atoms with Crippen molar-refractivity contribution in [1.29, 1.82) is 0 Å². The molecule has 0 bridgehead atoms. The van der Waals surface area contributed by atoms with E-state index in [2.05, 4.69) is 10.6 Å². The molecule has 0 saturated heterocycles. The average Bonchev–Trinajstić information content (AvgIpc) is 2.66. The molecule has 0 aliphatic rings. The van der Waals surface area contributed by atoms with E-state index in [4.69, 9.17) is 9.47 Å². The van der Waals surface area contributed by atoms with Gasteiger partial charge in [-0.05, 0) is 61.7 Å². The van der Waals surface area contributed by atoms with E-state index in [1.165, 1.54) is 0 Å². The first-order chi connectivity index (χ1) is 13.0. The Bertz CT molecular complexity index is 772. The topological polar surface area (TPSA) is 76.7 Å². The van der Waals surface area contributed by atoms with Crippen molar-refractivity contribution in [2.24, 2.45) is 0 Å². The first-order valence-electron chi connectivity index (χ1n) is 8.86. The molecule has 2 rings (SSSR count). The number of anilines is 1. The lowest BCUT2D eigenvalue weighted by molar-refractivity contribution is -0.118. The Morgan fingerprint density at radius 3 is 2.48 bits per heavy atom. The molecule has 2 aromatic rings. The van der Waals surface area contributed by atoms with E-state index >= 15 is 0 Å². The van der Waals surface area contributed by atoms with Crippen molar-refractivity contribution >= 4 is 17.5 Å². The second-order valence-electron chi connectivity index (χ2n) is 6.29. The van der Waals surface area contributed by atoms with E-state index in [9.17, 15) is 9.59 Å². The Kier molecular flexibility index (Phi) is 7.82. The maximum absolute atomic E-state index is 12.1. The number of carbonyl (C=O) groups is 2. The highest BCUT2D eigenvalue weighted by Gasteiger charge is 2.08. The third kappa shape index (κ3) is 6.75. The predicted molar refractivity (Wildman–Crippen MR) is 105 cm³/mol. The number of amides is 2. The average molecular weight is 370 g/mol. The molecule has 2 amide bonds. The monoisotopic (exact) mass is 370 g/mol. The van der Waals surface area contributed by atoms with Gasteiger partial charge in [0.15, 0.2) is 6.61 Å². The molecule has 0 unspecified atom stereocenters. The van der Waals surface area contributed by atoms with E-state index in [0.29, 0.717) is 30.2 Å². The molecule has 6 nitrogen and oxygen atoms in total. The number of ether oxygens (including phenoxy) is 2. The van der Waals surface area contributed by atoms with Crippen LogP contribution in [0.5, 0.6) is 5.75 Å². The number of methoxy groups -OCH3 is 1. The van der Waals surface area contributed by atoms with Gasteiger partial charge in [-0.25, -0.2) is 0 Å². The molecule has 0 heterocycles. The Morgan fingerprint density at radius 1 is 1.04 bits per heavy atom. The molecule has 0 aliphatic heterocycles. The zero-order chi connectivity index (χ0) is 19.6. The van der Waals surface area contributed by atoms with Gasteiger partial charge in [0.05, 0.1) is 0 Å². The third-order valence-electron chi connectivity index (χ3n) is 3.94. The van der Waals surface area contributed by atoms with Gasteiger partial charge in [0.25, 0.3) is 11.8 Å². The van der Waals surface area contributed by atoms with Crippen LogP contribution < -0.4 is 15.4 Å². The van der Waals surface area contributed by atoms with E-state index in [0.717, 1.165) is 17.5 Å². The minimum Gasteiger partial charge on any atom is -0.483 e. The van der Waals surface area contributed by atoms with Crippen molar-refractivity contribution in [2.75, 3.05) is 32.2 Å². The van der Waals surface area contributed by atoms with Gasteiger partial charge in [0, 0.05) is 31.5 Å². The highest BCUT2D eigenvalue weighted by molar-refractivity contribution is 5.96. The first-order valence-corrected chi connectivity index (χ1v) is 8.86. The Labute approximate surface area is 159 Å². The SMILES string of the molecule is COCCCNC(=O)c1ccc(NC(=O)COc2cc(C)ccc2C)cc1. The molecule has 0 saturated carbocycles. The van der Waals surface area contributed by atoms with Crippen LogP contribution in [0.15, 0.2) is 42.5 Å². The van der Waals surface area contributed by atoms with Crippen molar-refractivity contribution in [3.8, 4) is 5.75 Å². The molecule has 0 radical (unpaired) electrons. The summed E-state index contributed by atoms with van der Waals surface area (Å²) in [7, 11) is 1.63. The molecule has 6 heteroatoms. The lowest BCUT2D eigenvalue weighted by Gasteiger charge is -2.11. The summed E-state index contributed by atoms with van der Waals surface area (Å²) in [5, 5.41) is 5.58. The quantitative estimate of drug-likeness (QED) is 0.665. The van der Waals surface area contributed by atoms with Gasteiger partial charge < -0.3 is 20.1 Å². The molecule has 27 heavy (non-hydrogen) atoms. The number of aryl methyl sites for hydroxylation is 2. The van der Waals surface area contributed by atoms with Crippen molar-refractivity contribution in [2.45, 2.75) is 20.3 Å². The highest BCUT2D eigenvalue weighted by atomic mass is 16.5. The molecular weight excluding hydrogens is 344 g/mol. The molecule has 144 valence electrons. The van der Waals surface area contributed by atoms with Crippen molar-refractivity contribution in [3.05, 3.63) is 59.2 Å². The van der Waals surface area contributed by atoms with Crippen LogP contribution in [-0.4, -0.2) is 38.7 Å². The van der Waals surface area contributed by atoms with E-state index < -0.39 is 0 Å². The molecule has 0 aromatic heterocycles. The van der Waals surface area contributed by atoms with Gasteiger partial charge in [-0.2, -0.15) is 0 Å². The molecule has 2 aromatic carbocycles. The largest absolute Gasteiger partial charge is 0.483 e. The van der Waals surface area contributed by atoms with Gasteiger partial charge in [0.1, 0.15) is 5.75 Å². The van der Waals surface area contributed by atoms with Crippen LogP contribution in [0.3, 0.4) is 0 Å². The summed E-state index contributed by atoms with van der Waals surface area (Å²) in [6.07, 6.45) is 0.761. The highest BCUT2D eigenvalue weighted by Crippen LogP contribution is 2.19. The second-order valence-corrected chi connectivity index (χ2v) is 6.29. The Morgan fingerprint density at radius 2 is 1.78 bits per heavy atom. The number of hydrogen-bond donors (Lipinski definition) is 2. The summed E-state index contributed by atoms with van der Waals surface area (Å²) in [6.45, 7) is 5.00. The summed E-state index contributed by atoms with van der Waals surface area (Å²) in [4.78, 5) is 24.1. The van der Waals surface area contributed by atoms with Gasteiger partial charge in [-0.3, -0.25) is 9.59 Å². The fraction of sp³-hybridized carbons (Fsp3) is 0.333. The number of nitrogens with one attached hydrogen (secondary N) is 2. The van der Waals surface area contributed by atoms with Crippen LogP contribution in [0.4, 0.5) is 5.69 Å². The minimum atomic E-state index is -0.257. The number of carbonyl (C=O) groups excluding carboxylic acids is 2. The van der Waals surface area contributed by atoms with Crippen molar-refractivity contribution < 1.29 is 19.1 Å². The fourth-order valence-corrected chi connectivity index (χ4v) is 2.43. The number of benzene rings is 2. The first kappa shape index (κ1) is 20.5. The maximum atomic E-state index is 12.1. The molecule has 0 atom stereocenters. The lowest BCUT2D eigenvalue weighted by atomic mass is 10.1. The molecular formula is C21H26N2O4. The van der Waals surface area contributed by atoms with Crippen LogP contribution in [0.1, 0.15) is 27.9 Å². The summed E-state index contributed by atoms with van der Waals surface area (Å²) < 4.78 is 10.5. The van der Waals surface area contributed by atoms with Gasteiger partial charge in [0.2, 0.25) is 0 Å². The molecule has 0 spiro atoms. The molecule has 0 aliphatic carbocycles. The number of hydrogen-bond acceptors (Lipinski definition) is 4. The maximum Gasteiger partial charge on any atom is 0.262 e. The van der Waals surface area contributed by atoms with Gasteiger partial charge >= 0.3 is 0 Å². The molecule has 2 N–H and O–H groups in total. The Balaban J connectivity index is 1.82. The van der Waals surface area contributed by atoms with E-state index in [-0.39, 0.29) is 18.4 Å². The standard InChI is InChI=1S/C21H26N2O4/c1-15-5-6-16(2)19(13-15)27-14-20(24)23-18-9-7-17(8-10-18)21(25)22-11-4-12-26-3/h5-10,13H,4,11-12,14H2,1-3H3,(H,22,25)(H,23,24). The normalized spacial score (nSPS) is 10.3. The lowest BCUT2D eigenvalue weighted by Crippen LogP contribution is -2.25. The van der Waals surface area contributed by atoms with Crippen LogP contribution in [0.2, 0.25) is 0 Å². The van der Waals surface area contributed by atoms with E-state index in [1.807, 2.05) is 32.0 Å². The summed E-state index contributed by atoms with van der Waals surface area (Å²) >= 11 is 0. The number of rotatable bonds is 9. The Hall–Kier alpha value is -2.86. The summed E-state index contributed by atoms with van der Waals surface area (Å²) in [5.74, 6) is 0.292.